The first-order valence-electron chi connectivity index (χ1n) is 4.47. The van der Waals surface area contributed by atoms with Crippen molar-refractivity contribution in [3.8, 4) is 6.07 Å². The number of nitriles is 1. The molecule has 14 heavy (non-hydrogen) atoms. The molecule has 1 aliphatic rings. The van der Waals surface area contributed by atoms with Gasteiger partial charge in [-0.25, -0.2) is 0 Å². The van der Waals surface area contributed by atoms with Gasteiger partial charge in [0.05, 0.1) is 6.07 Å². The van der Waals surface area contributed by atoms with Crippen molar-refractivity contribution in [2.75, 3.05) is 0 Å². The van der Waals surface area contributed by atoms with Crippen LogP contribution in [0.3, 0.4) is 0 Å². The summed E-state index contributed by atoms with van der Waals surface area (Å²) in [4.78, 5) is 11.1. The molecule has 0 aromatic heterocycles. The first kappa shape index (κ1) is 8.76. The molecule has 0 saturated heterocycles. The van der Waals surface area contributed by atoms with E-state index in [1.54, 1.807) is 0 Å². The summed E-state index contributed by atoms with van der Waals surface area (Å²) in [5.41, 5.74) is 5.29. The van der Waals surface area contributed by atoms with Crippen molar-refractivity contribution >= 4 is 5.91 Å². The third-order valence-electron chi connectivity index (χ3n) is 2.80. The molecule has 1 aliphatic carbocycles. The van der Waals surface area contributed by atoms with Crippen molar-refractivity contribution in [3.63, 3.8) is 0 Å². The predicted octanol–water partition coefficient (Wildman–Crippen LogP) is 1.17. The number of amides is 1. The summed E-state index contributed by atoms with van der Waals surface area (Å²) in [6.45, 7) is 0. The summed E-state index contributed by atoms with van der Waals surface area (Å²) in [5, 5.41) is 8.91. The molecular formula is C11H10N2O. The lowest BCUT2D eigenvalue weighted by Crippen LogP contribution is -2.24. The van der Waals surface area contributed by atoms with Gasteiger partial charge in [0.15, 0.2) is 0 Å². The Balaban J connectivity index is 2.28. The minimum Gasteiger partial charge on any atom is -0.368 e. The topological polar surface area (TPSA) is 66.9 Å². The molecule has 3 nitrogen and oxygen atoms in total. The predicted molar refractivity (Wildman–Crippen MR) is 51.0 cm³/mol. The summed E-state index contributed by atoms with van der Waals surface area (Å²) in [7, 11) is 0. The molecule has 2 atom stereocenters. The molecule has 3 heteroatoms. The van der Waals surface area contributed by atoms with E-state index in [0.717, 1.165) is 5.56 Å². The summed E-state index contributed by atoms with van der Waals surface area (Å²) < 4.78 is 0. The highest BCUT2D eigenvalue weighted by Gasteiger charge is 2.60. The quantitative estimate of drug-likeness (QED) is 0.753. The Morgan fingerprint density at radius 1 is 1.50 bits per heavy atom. The molecule has 0 heterocycles. The summed E-state index contributed by atoms with van der Waals surface area (Å²) in [5.74, 6) is -0.514. The van der Waals surface area contributed by atoms with Crippen molar-refractivity contribution in [1.82, 2.24) is 0 Å². The number of hydrogen-bond donors (Lipinski definition) is 1. The molecule has 1 aromatic carbocycles. The molecule has 0 radical (unpaired) electrons. The van der Waals surface area contributed by atoms with Crippen molar-refractivity contribution < 1.29 is 4.79 Å². The van der Waals surface area contributed by atoms with Gasteiger partial charge in [0.2, 0.25) is 5.91 Å². The van der Waals surface area contributed by atoms with Crippen LogP contribution in [0.1, 0.15) is 17.9 Å². The van der Waals surface area contributed by atoms with Crippen LogP contribution in [0.2, 0.25) is 0 Å². The van der Waals surface area contributed by atoms with Crippen LogP contribution in [0, 0.1) is 16.7 Å². The second-order valence-electron chi connectivity index (χ2n) is 3.61. The van der Waals surface area contributed by atoms with Gasteiger partial charge >= 0.3 is 0 Å². The van der Waals surface area contributed by atoms with E-state index in [1.165, 1.54) is 0 Å². The maximum atomic E-state index is 11.1. The average Bonchev–Trinajstić information content (AvgIpc) is 2.95. The van der Waals surface area contributed by atoms with Crippen LogP contribution in [0.25, 0.3) is 0 Å². The standard InChI is InChI=1S/C11H10N2O/c12-7-11(10(13)14)6-9(11)8-4-2-1-3-5-8/h1-5,9H,6H2,(H2,13,14)/t9-,11-/m1/s1. The Hall–Kier alpha value is -1.82. The summed E-state index contributed by atoms with van der Waals surface area (Å²) in [6.07, 6.45) is 0.558. The zero-order valence-corrected chi connectivity index (χ0v) is 7.60. The maximum absolute atomic E-state index is 11.1. The van der Waals surface area contributed by atoms with Crippen LogP contribution in [-0.4, -0.2) is 5.91 Å². The second-order valence-corrected chi connectivity index (χ2v) is 3.61. The number of primary amides is 1. The molecule has 1 saturated carbocycles. The Morgan fingerprint density at radius 2 is 2.14 bits per heavy atom. The van der Waals surface area contributed by atoms with E-state index >= 15 is 0 Å². The first-order valence-corrected chi connectivity index (χ1v) is 4.47. The SMILES string of the molecule is N#C[C@]1(C(N)=O)C[C@@H]1c1ccccc1. The van der Waals surface area contributed by atoms with Gasteiger partial charge in [-0.1, -0.05) is 30.3 Å². The van der Waals surface area contributed by atoms with E-state index in [0.29, 0.717) is 6.42 Å². The minimum atomic E-state index is -0.943. The Kier molecular flexibility index (Phi) is 1.78. The van der Waals surface area contributed by atoms with Gasteiger partial charge in [-0.15, -0.1) is 0 Å². The van der Waals surface area contributed by atoms with Crippen LogP contribution in [0.5, 0.6) is 0 Å². The Labute approximate surface area is 82.1 Å². The molecule has 0 bridgehead atoms. The van der Waals surface area contributed by atoms with E-state index in [2.05, 4.69) is 0 Å². The lowest BCUT2D eigenvalue weighted by Gasteiger charge is -2.02. The minimum absolute atomic E-state index is 0.00815. The fourth-order valence-corrected chi connectivity index (χ4v) is 1.80. The van der Waals surface area contributed by atoms with E-state index < -0.39 is 11.3 Å². The first-order chi connectivity index (χ1) is 6.70. The van der Waals surface area contributed by atoms with Gasteiger partial charge in [-0.2, -0.15) is 5.26 Å². The van der Waals surface area contributed by atoms with Gasteiger partial charge in [-0.3, -0.25) is 4.79 Å². The number of rotatable bonds is 2. The molecule has 0 spiro atoms. The molecule has 0 aliphatic heterocycles. The van der Waals surface area contributed by atoms with Gasteiger partial charge in [-0.05, 0) is 12.0 Å². The largest absolute Gasteiger partial charge is 0.368 e. The number of benzene rings is 1. The molecule has 70 valence electrons. The molecule has 1 fully saturated rings. The highest BCUT2D eigenvalue weighted by atomic mass is 16.1. The molecule has 2 rings (SSSR count). The van der Waals surface area contributed by atoms with E-state index in [9.17, 15) is 4.79 Å². The van der Waals surface area contributed by atoms with Crippen molar-refractivity contribution in [1.29, 1.82) is 5.26 Å². The number of carbonyl (C=O) groups excluding carboxylic acids is 1. The van der Waals surface area contributed by atoms with Gasteiger partial charge in [0.1, 0.15) is 5.41 Å². The fraction of sp³-hybridized carbons (Fsp3) is 0.273. The Morgan fingerprint density at radius 3 is 2.57 bits per heavy atom. The lowest BCUT2D eigenvalue weighted by molar-refractivity contribution is -0.121. The fourth-order valence-electron chi connectivity index (χ4n) is 1.80. The van der Waals surface area contributed by atoms with Gasteiger partial charge in [0, 0.05) is 5.92 Å². The van der Waals surface area contributed by atoms with Crippen LogP contribution in [0.4, 0.5) is 0 Å². The van der Waals surface area contributed by atoms with Crippen LogP contribution in [0.15, 0.2) is 30.3 Å². The van der Waals surface area contributed by atoms with Gasteiger partial charge < -0.3 is 5.73 Å². The maximum Gasteiger partial charge on any atom is 0.238 e. The van der Waals surface area contributed by atoms with E-state index in [1.807, 2.05) is 36.4 Å². The van der Waals surface area contributed by atoms with Gasteiger partial charge in [0.25, 0.3) is 0 Å². The van der Waals surface area contributed by atoms with E-state index in [4.69, 9.17) is 11.0 Å². The van der Waals surface area contributed by atoms with Crippen molar-refractivity contribution in [3.05, 3.63) is 35.9 Å². The summed E-state index contributed by atoms with van der Waals surface area (Å²) >= 11 is 0. The molecule has 1 amide bonds. The van der Waals surface area contributed by atoms with Crippen LogP contribution >= 0.6 is 0 Å². The van der Waals surface area contributed by atoms with E-state index in [-0.39, 0.29) is 5.92 Å². The molecular weight excluding hydrogens is 176 g/mol. The Bertz CT molecular complexity index is 407. The van der Waals surface area contributed by atoms with Crippen LogP contribution in [-0.2, 0) is 4.79 Å². The zero-order chi connectivity index (χ0) is 10.2. The summed E-state index contributed by atoms with van der Waals surface area (Å²) in [6, 6.07) is 11.6. The zero-order valence-electron chi connectivity index (χ0n) is 7.60. The molecule has 0 unspecified atom stereocenters. The third kappa shape index (κ3) is 1.08. The normalized spacial score (nSPS) is 29.2. The highest BCUT2D eigenvalue weighted by molar-refractivity contribution is 5.89. The molecule has 2 N–H and O–H groups in total. The lowest BCUT2D eigenvalue weighted by atomic mass is 10.0. The smallest absolute Gasteiger partial charge is 0.238 e. The van der Waals surface area contributed by atoms with Crippen LogP contribution < -0.4 is 5.73 Å². The molecule has 1 aromatic rings. The number of hydrogen-bond acceptors (Lipinski definition) is 2. The van der Waals surface area contributed by atoms with Crippen molar-refractivity contribution in [2.24, 2.45) is 11.1 Å². The number of nitrogens with two attached hydrogens (primary N) is 1. The highest BCUT2D eigenvalue weighted by Crippen LogP contribution is 2.58. The number of carbonyl (C=O) groups is 1. The second kappa shape index (κ2) is 2.85. The monoisotopic (exact) mass is 186 g/mol. The van der Waals surface area contributed by atoms with Crippen molar-refractivity contribution in [2.45, 2.75) is 12.3 Å². The number of nitrogens with zero attached hydrogens (tertiary/aromatic N) is 1. The average molecular weight is 186 g/mol. The third-order valence-corrected chi connectivity index (χ3v) is 2.80.